The average Bonchev–Trinajstić information content (AvgIpc) is 3.44. The predicted molar refractivity (Wildman–Crippen MR) is 178 cm³/mol. The van der Waals surface area contributed by atoms with Gasteiger partial charge in [0.15, 0.2) is 0 Å². The molecule has 238 valence electrons. The SMILES string of the molecule is CCOC(=O)c1ccc(NC(=O)CN2C(=O)C(=C3SC(=S)N(CCCCCCCCCCC(=O)O)C3=O)c3ccccc32)cc1. The van der Waals surface area contributed by atoms with E-state index in [-0.39, 0.29) is 36.0 Å². The van der Waals surface area contributed by atoms with Crippen LogP contribution in [0.3, 0.4) is 0 Å². The minimum Gasteiger partial charge on any atom is -0.481 e. The van der Waals surface area contributed by atoms with E-state index in [2.05, 4.69) is 5.32 Å². The van der Waals surface area contributed by atoms with Gasteiger partial charge in [0.05, 0.1) is 28.3 Å². The van der Waals surface area contributed by atoms with E-state index in [1.165, 1.54) is 4.90 Å². The molecule has 0 atom stereocenters. The summed E-state index contributed by atoms with van der Waals surface area (Å²) in [4.78, 5) is 65.9. The quantitative estimate of drug-likeness (QED) is 0.0968. The summed E-state index contributed by atoms with van der Waals surface area (Å²) in [7, 11) is 0. The molecule has 1 fully saturated rings. The van der Waals surface area contributed by atoms with Crippen LogP contribution in [-0.4, -0.2) is 63.7 Å². The van der Waals surface area contributed by atoms with Crippen molar-refractivity contribution in [3.05, 3.63) is 64.6 Å². The molecule has 2 aromatic carbocycles. The highest BCUT2D eigenvalue weighted by molar-refractivity contribution is 8.26. The van der Waals surface area contributed by atoms with Crippen LogP contribution >= 0.6 is 24.0 Å². The third kappa shape index (κ3) is 8.79. The fourth-order valence-electron chi connectivity index (χ4n) is 5.25. The summed E-state index contributed by atoms with van der Waals surface area (Å²) < 4.78 is 5.39. The van der Waals surface area contributed by atoms with Crippen molar-refractivity contribution in [3.63, 3.8) is 0 Å². The van der Waals surface area contributed by atoms with Gasteiger partial charge in [0.25, 0.3) is 11.8 Å². The highest BCUT2D eigenvalue weighted by Gasteiger charge is 2.42. The fraction of sp³-hybridized carbons (Fsp3) is 0.394. The number of nitrogens with zero attached hydrogens (tertiary/aromatic N) is 2. The summed E-state index contributed by atoms with van der Waals surface area (Å²) in [5.41, 5.74) is 2.20. The number of carbonyl (C=O) groups is 5. The van der Waals surface area contributed by atoms with Crippen molar-refractivity contribution in [2.75, 3.05) is 29.9 Å². The number of anilines is 2. The minimum atomic E-state index is -0.750. The van der Waals surface area contributed by atoms with Crippen molar-refractivity contribution in [2.45, 2.75) is 64.7 Å². The molecule has 1 saturated heterocycles. The Hall–Kier alpha value is -4.03. The van der Waals surface area contributed by atoms with Crippen molar-refractivity contribution < 1.29 is 33.8 Å². The molecule has 2 aliphatic heterocycles. The Bertz CT molecular complexity index is 1490. The number of carboxylic acids is 1. The number of thioether (sulfide) groups is 1. The number of aliphatic carboxylic acids is 1. The molecule has 2 aliphatic rings. The summed E-state index contributed by atoms with van der Waals surface area (Å²) in [5, 5.41) is 11.5. The van der Waals surface area contributed by atoms with E-state index in [1.807, 2.05) is 0 Å². The molecular weight excluding hydrogens is 615 g/mol. The van der Waals surface area contributed by atoms with Gasteiger partial charge in [0.2, 0.25) is 5.91 Å². The number of para-hydroxylation sites is 1. The molecule has 10 nitrogen and oxygen atoms in total. The van der Waals surface area contributed by atoms with Crippen LogP contribution in [-0.2, 0) is 23.9 Å². The zero-order chi connectivity index (χ0) is 32.3. The summed E-state index contributed by atoms with van der Waals surface area (Å²) in [6.07, 6.45) is 7.74. The van der Waals surface area contributed by atoms with Crippen molar-refractivity contribution in [1.29, 1.82) is 0 Å². The molecule has 2 N–H and O–H groups in total. The maximum Gasteiger partial charge on any atom is 0.338 e. The van der Waals surface area contributed by atoms with E-state index in [0.29, 0.717) is 39.8 Å². The van der Waals surface area contributed by atoms with Crippen LogP contribution in [0, 0.1) is 0 Å². The number of amides is 3. The summed E-state index contributed by atoms with van der Waals surface area (Å²) in [5.74, 6) is -2.37. The lowest BCUT2D eigenvalue weighted by atomic mass is 10.1. The molecule has 0 spiro atoms. The van der Waals surface area contributed by atoms with Gasteiger partial charge >= 0.3 is 11.9 Å². The number of benzene rings is 2. The molecule has 0 saturated carbocycles. The summed E-state index contributed by atoms with van der Waals surface area (Å²) in [6, 6.07) is 13.4. The van der Waals surface area contributed by atoms with Gasteiger partial charge in [-0.25, -0.2) is 4.79 Å². The number of nitrogens with one attached hydrogen (secondary N) is 1. The summed E-state index contributed by atoms with van der Waals surface area (Å²) in [6.45, 7) is 2.19. The maximum absolute atomic E-state index is 13.7. The van der Waals surface area contributed by atoms with E-state index >= 15 is 0 Å². The Morgan fingerprint density at radius 3 is 2.18 bits per heavy atom. The number of thiocarbonyl (C=S) groups is 1. The van der Waals surface area contributed by atoms with Crippen molar-refractivity contribution in [2.24, 2.45) is 0 Å². The van der Waals surface area contributed by atoms with Crippen LogP contribution in [0.4, 0.5) is 11.4 Å². The van der Waals surface area contributed by atoms with E-state index in [9.17, 15) is 24.0 Å². The predicted octanol–water partition coefficient (Wildman–Crippen LogP) is 6.02. The fourth-order valence-corrected chi connectivity index (χ4v) is 6.63. The molecule has 2 heterocycles. The van der Waals surface area contributed by atoms with Crippen molar-refractivity contribution >= 4 is 74.9 Å². The molecule has 2 aromatic rings. The molecule has 0 bridgehead atoms. The van der Waals surface area contributed by atoms with E-state index in [1.54, 1.807) is 60.4 Å². The van der Waals surface area contributed by atoms with Crippen LogP contribution in [0.2, 0.25) is 0 Å². The lowest BCUT2D eigenvalue weighted by molar-refractivity contribution is -0.137. The number of esters is 1. The first-order valence-electron chi connectivity index (χ1n) is 15.2. The van der Waals surface area contributed by atoms with Crippen LogP contribution in [0.1, 0.15) is 80.6 Å². The molecule has 0 unspecified atom stereocenters. The monoisotopic (exact) mass is 651 g/mol. The molecule has 3 amide bonds. The normalized spacial score (nSPS) is 15.9. The van der Waals surface area contributed by atoms with Gasteiger partial charge in [-0.2, -0.15) is 0 Å². The first-order valence-corrected chi connectivity index (χ1v) is 16.4. The van der Waals surface area contributed by atoms with Gasteiger partial charge in [-0.15, -0.1) is 0 Å². The number of rotatable bonds is 16. The minimum absolute atomic E-state index is 0.223. The van der Waals surface area contributed by atoms with Gasteiger partial charge < -0.3 is 15.2 Å². The van der Waals surface area contributed by atoms with E-state index in [4.69, 9.17) is 22.1 Å². The van der Waals surface area contributed by atoms with Gasteiger partial charge in [0.1, 0.15) is 10.9 Å². The van der Waals surface area contributed by atoms with Crippen molar-refractivity contribution in [3.8, 4) is 0 Å². The second kappa shape index (κ2) is 16.3. The van der Waals surface area contributed by atoms with Crippen LogP contribution in [0.15, 0.2) is 53.4 Å². The highest BCUT2D eigenvalue weighted by atomic mass is 32.2. The number of hydrogen-bond donors (Lipinski definition) is 2. The first-order chi connectivity index (χ1) is 21.7. The molecular formula is C33H37N3O7S2. The highest BCUT2D eigenvalue weighted by Crippen LogP contribution is 2.44. The standard InChI is InChI=1S/C33H37N3O7S2/c1-2-43-32(42)22-16-18-23(19-17-22)34-26(37)21-36-25-14-11-10-13-24(25)28(30(36)40)29-31(41)35(33(44)45-29)20-12-8-6-4-3-5-7-9-15-27(38)39/h10-11,13-14,16-19H,2-9,12,15,20-21H2,1H3,(H,34,37)(H,38,39). The Kier molecular flexibility index (Phi) is 12.3. The number of carboxylic acid groups (broad SMARTS) is 1. The molecule has 0 radical (unpaired) electrons. The number of hydrogen-bond acceptors (Lipinski definition) is 8. The zero-order valence-corrected chi connectivity index (χ0v) is 26.8. The largest absolute Gasteiger partial charge is 0.481 e. The van der Waals surface area contributed by atoms with Crippen LogP contribution in [0.5, 0.6) is 0 Å². The van der Waals surface area contributed by atoms with E-state index < -0.39 is 23.8 Å². The lowest BCUT2D eigenvalue weighted by Gasteiger charge is -2.17. The molecule has 0 aliphatic carbocycles. The second-order valence-electron chi connectivity index (χ2n) is 10.8. The van der Waals surface area contributed by atoms with Gasteiger partial charge in [-0.3, -0.25) is 29.0 Å². The molecule has 12 heteroatoms. The smallest absolute Gasteiger partial charge is 0.338 e. The number of unbranched alkanes of at least 4 members (excludes halogenated alkanes) is 7. The van der Waals surface area contributed by atoms with Crippen LogP contribution in [0.25, 0.3) is 5.57 Å². The number of fused-ring (bicyclic) bond motifs is 1. The Morgan fingerprint density at radius 2 is 1.51 bits per heavy atom. The van der Waals surface area contributed by atoms with Gasteiger partial charge in [-0.1, -0.05) is 80.7 Å². The lowest BCUT2D eigenvalue weighted by Crippen LogP contribution is -2.35. The second-order valence-corrected chi connectivity index (χ2v) is 12.4. The maximum atomic E-state index is 13.7. The third-order valence-corrected chi connectivity index (χ3v) is 8.95. The van der Waals surface area contributed by atoms with Gasteiger partial charge in [-0.05, 0) is 50.1 Å². The Balaban J connectivity index is 1.34. The molecule has 4 rings (SSSR count). The summed E-state index contributed by atoms with van der Waals surface area (Å²) >= 11 is 6.65. The van der Waals surface area contributed by atoms with E-state index in [0.717, 1.165) is 56.7 Å². The topological polar surface area (TPSA) is 133 Å². The van der Waals surface area contributed by atoms with Crippen molar-refractivity contribution in [1.82, 2.24) is 4.90 Å². The third-order valence-electron chi connectivity index (χ3n) is 7.50. The first kappa shape index (κ1) is 33.9. The number of ether oxygens (including phenoxy) is 1. The zero-order valence-electron chi connectivity index (χ0n) is 25.2. The average molecular weight is 652 g/mol. The Labute approximate surface area is 272 Å². The molecule has 0 aromatic heterocycles. The number of carbonyl (C=O) groups excluding carboxylic acids is 4. The van der Waals surface area contributed by atoms with Crippen LogP contribution < -0.4 is 10.2 Å². The Morgan fingerprint density at radius 1 is 0.867 bits per heavy atom. The molecule has 45 heavy (non-hydrogen) atoms. The van der Waals surface area contributed by atoms with Gasteiger partial charge in [0, 0.05) is 24.2 Å².